The van der Waals surface area contributed by atoms with Gasteiger partial charge in [-0.3, -0.25) is 4.79 Å². The topological polar surface area (TPSA) is 120 Å². The number of carbonyl (C=O) groups excluding carboxylic acids is 2. The van der Waals surface area contributed by atoms with Crippen LogP contribution in [0.3, 0.4) is 0 Å². The first-order valence-corrected chi connectivity index (χ1v) is 11.9. The van der Waals surface area contributed by atoms with Crippen LogP contribution in [0, 0.1) is 5.82 Å². The fourth-order valence-electron chi connectivity index (χ4n) is 4.05. The third-order valence-corrected chi connectivity index (χ3v) is 6.40. The number of allylic oxidation sites excluding steroid dienone is 1. The van der Waals surface area contributed by atoms with Crippen LogP contribution in [0.1, 0.15) is 21.5 Å². The largest absolute Gasteiger partial charge is 1.00 e. The number of carboxylic acid groups (broad SMARTS) is 1. The average molecular weight is 561 g/mol. The zero-order valence-corrected chi connectivity index (χ0v) is 24.7. The minimum absolute atomic E-state index is 0. The van der Waals surface area contributed by atoms with Crippen molar-refractivity contribution in [2.24, 2.45) is 0 Å². The molecule has 0 amide bonds. The molecule has 0 saturated heterocycles. The number of hydrogen-bond donors (Lipinski definition) is 0. The summed E-state index contributed by atoms with van der Waals surface area (Å²) in [5.74, 6) is -2.22. The number of Topliss-reactive ketones (excluding diaryl/α,β-unsaturated/α-hetero) is 1. The number of aliphatic carboxylic acids is 1. The third-order valence-electron chi connectivity index (χ3n) is 5.85. The molecule has 0 aliphatic rings. The van der Waals surface area contributed by atoms with E-state index in [1.165, 1.54) is 64.8 Å². The Morgan fingerprint density at radius 3 is 2.03 bits per heavy atom. The van der Waals surface area contributed by atoms with Crippen LogP contribution >= 0.6 is 11.7 Å². The number of aromatic nitrogens is 2. The van der Waals surface area contributed by atoms with Gasteiger partial charge in [0.1, 0.15) is 11.0 Å². The second kappa shape index (κ2) is 13.0. The van der Waals surface area contributed by atoms with Crippen LogP contribution in [-0.2, 0) is 11.2 Å². The minimum Gasteiger partial charge on any atom is -0.545 e. The molecule has 0 fully saturated rings. The first-order valence-electron chi connectivity index (χ1n) is 11.2. The van der Waals surface area contributed by atoms with E-state index in [9.17, 15) is 19.1 Å². The van der Waals surface area contributed by atoms with Gasteiger partial charge in [-0.25, -0.2) is 4.39 Å². The van der Waals surface area contributed by atoms with Crippen molar-refractivity contribution < 1.29 is 67.6 Å². The number of fused-ring (bicyclic) bond motifs is 1. The van der Waals surface area contributed by atoms with Crippen molar-refractivity contribution in [3.05, 3.63) is 76.6 Å². The Morgan fingerprint density at radius 1 is 0.821 bits per heavy atom. The molecule has 0 aliphatic heterocycles. The normalized spacial score (nSPS) is 11.3. The molecule has 196 valence electrons. The van der Waals surface area contributed by atoms with Gasteiger partial charge in [0.15, 0.2) is 28.8 Å². The number of halogens is 1. The molecular formula is C27H22FN2NaO7S. The van der Waals surface area contributed by atoms with Crippen LogP contribution in [-0.4, -0.2) is 48.9 Å². The van der Waals surface area contributed by atoms with Gasteiger partial charge in [-0.1, -0.05) is 12.1 Å². The minimum atomic E-state index is -1.59. The summed E-state index contributed by atoms with van der Waals surface area (Å²) in [5, 5.41) is 12.5. The van der Waals surface area contributed by atoms with E-state index in [4.69, 9.17) is 18.9 Å². The zero-order chi connectivity index (χ0) is 27.4. The molecule has 0 aliphatic carbocycles. The van der Waals surface area contributed by atoms with Gasteiger partial charge in [-0.2, -0.15) is 8.75 Å². The molecule has 0 N–H and O–H groups in total. The summed E-state index contributed by atoms with van der Waals surface area (Å²) in [6.45, 7) is 0. The van der Waals surface area contributed by atoms with Gasteiger partial charge >= 0.3 is 29.6 Å². The van der Waals surface area contributed by atoms with Crippen molar-refractivity contribution >= 4 is 40.1 Å². The summed E-state index contributed by atoms with van der Waals surface area (Å²) in [6, 6.07) is 11.6. The summed E-state index contributed by atoms with van der Waals surface area (Å²) >= 11 is 0.973. The van der Waals surface area contributed by atoms with Gasteiger partial charge in [0, 0.05) is 23.1 Å². The molecule has 39 heavy (non-hydrogen) atoms. The van der Waals surface area contributed by atoms with Gasteiger partial charge < -0.3 is 28.8 Å². The van der Waals surface area contributed by atoms with Crippen LogP contribution in [0.2, 0.25) is 0 Å². The molecule has 0 bridgehead atoms. The van der Waals surface area contributed by atoms with Crippen LogP contribution in [0.5, 0.6) is 23.0 Å². The van der Waals surface area contributed by atoms with E-state index in [1.807, 2.05) is 0 Å². The van der Waals surface area contributed by atoms with E-state index in [0.717, 1.165) is 11.7 Å². The molecule has 0 saturated carbocycles. The third kappa shape index (κ3) is 6.22. The Hall–Kier alpha value is -3.51. The van der Waals surface area contributed by atoms with Gasteiger partial charge in [0.05, 0.1) is 46.1 Å². The van der Waals surface area contributed by atoms with E-state index < -0.39 is 17.6 Å². The van der Waals surface area contributed by atoms with Gasteiger partial charge in [-0.05, 0) is 47.5 Å². The Bertz CT molecular complexity index is 1550. The molecule has 0 atom stereocenters. The van der Waals surface area contributed by atoms with E-state index in [0.29, 0.717) is 16.6 Å². The quantitative estimate of drug-likeness (QED) is 0.155. The molecule has 0 unspecified atom stereocenters. The number of nitrogens with zero attached hydrogens (tertiary/aromatic N) is 2. The summed E-state index contributed by atoms with van der Waals surface area (Å²) < 4.78 is 43.8. The van der Waals surface area contributed by atoms with Crippen molar-refractivity contribution in [3.63, 3.8) is 0 Å². The summed E-state index contributed by atoms with van der Waals surface area (Å²) in [7, 11) is 5.54. The number of benzene rings is 3. The fourth-order valence-corrected chi connectivity index (χ4v) is 4.56. The van der Waals surface area contributed by atoms with Crippen molar-refractivity contribution in [1.29, 1.82) is 0 Å². The zero-order valence-electron chi connectivity index (χ0n) is 21.9. The Balaban J connectivity index is 0.00000420. The van der Waals surface area contributed by atoms with Crippen LogP contribution in [0.4, 0.5) is 4.39 Å². The second-order valence-corrected chi connectivity index (χ2v) is 8.53. The maximum atomic E-state index is 14.5. The molecule has 1 aromatic heterocycles. The van der Waals surface area contributed by atoms with Crippen LogP contribution in [0.15, 0.2) is 54.1 Å². The first kappa shape index (κ1) is 30.0. The molecule has 1 heterocycles. The molecule has 3 aromatic carbocycles. The summed E-state index contributed by atoms with van der Waals surface area (Å²) in [4.78, 5) is 26.5. The molecule has 4 rings (SSSR count). The average Bonchev–Trinajstić information content (AvgIpc) is 3.39. The number of ether oxygens (including phenoxy) is 4. The van der Waals surface area contributed by atoms with E-state index in [2.05, 4.69) is 8.75 Å². The van der Waals surface area contributed by atoms with Crippen LogP contribution < -0.4 is 53.6 Å². The maximum Gasteiger partial charge on any atom is 1.00 e. The first-order chi connectivity index (χ1) is 18.3. The Kier molecular flexibility index (Phi) is 10.0. The van der Waals surface area contributed by atoms with Gasteiger partial charge in [0.2, 0.25) is 5.75 Å². The standard InChI is InChI=1S/C27H23FN2O7S.Na/c1-34-21-8-5-14(10-18(21)28)9-17(24(27(32)33)15-6-7-19-20(11-15)30-38-29-19)25(31)16-12-22(35-2)26(37-4)23(13-16)36-3;/h5-8,10-13H,9H2,1-4H3,(H,32,33);/q;+1/p-1. The van der Waals surface area contributed by atoms with Crippen molar-refractivity contribution in [3.8, 4) is 23.0 Å². The predicted octanol–water partition coefficient (Wildman–Crippen LogP) is 0.498. The van der Waals surface area contributed by atoms with Crippen molar-refractivity contribution in [1.82, 2.24) is 8.75 Å². The SMILES string of the molecule is COc1ccc(CC(C(=O)c2cc(OC)c(OC)c(OC)c2)=C(C(=O)[O-])c2ccc3nsnc3c2)cc1F.[Na+]. The molecule has 12 heteroatoms. The van der Waals surface area contributed by atoms with Gasteiger partial charge in [0.25, 0.3) is 0 Å². The number of ketones is 1. The Labute approximate surface area is 249 Å². The van der Waals surface area contributed by atoms with E-state index in [1.54, 1.807) is 12.1 Å². The Morgan fingerprint density at radius 2 is 1.46 bits per heavy atom. The van der Waals surface area contributed by atoms with E-state index in [-0.39, 0.29) is 81.2 Å². The van der Waals surface area contributed by atoms with E-state index >= 15 is 0 Å². The summed E-state index contributed by atoms with van der Waals surface area (Å²) in [5.41, 5.74) is 1.12. The number of carbonyl (C=O) groups is 2. The molecule has 9 nitrogen and oxygen atoms in total. The van der Waals surface area contributed by atoms with Gasteiger partial charge in [-0.15, -0.1) is 0 Å². The van der Waals surface area contributed by atoms with Crippen molar-refractivity contribution in [2.45, 2.75) is 6.42 Å². The maximum absolute atomic E-state index is 14.5. The second-order valence-electron chi connectivity index (χ2n) is 8.00. The predicted molar refractivity (Wildman–Crippen MR) is 136 cm³/mol. The fraction of sp³-hybridized carbons (Fsp3) is 0.185. The number of methoxy groups -OCH3 is 4. The number of carboxylic acids is 1. The molecular weight excluding hydrogens is 538 g/mol. The van der Waals surface area contributed by atoms with Crippen LogP contribution in [0.25, 0.3) is 16.6 Å². The number of rotatable bonds is 10. The van der Waals surface area contributed by atoms with Crippen molar-refractivity contribution in [2.75, 3.05) is 28.4 Å². The number of hydrogen-bond acceptors (Lipinski definition) is 10. The smallest absolute Gasteiger partial charge is 0.545 e. The summed E-state index contributed by atoms with van der Waals surface area (Å²) in [6.07, 6.45) is -0.229. The monoisotopic (exact) mass is 560 g/mol. The molecule has 0 radical (unpaired) electrons. The molecule has 0 spiro atoms. The molecule has 4 aromatic rings.